The van der Waals surface area contributed by atoms with Crippen LogP contribution in [0.4, 0.5) is 0 Å². The lowest BCUT2D eigenvalue weighted by atomic mass is 9.63. The second-order valence-corrected chi connectivity index (χ2v) is 10.5. The fourth-order valence-corrected chi connectivity index (χ4v) is 5.88. The molecular weight excluding hydrogens is 356 g/mol. The van der Waals surface area contributed by atoms with Gasteiger partial charge >= 0.3 is 0 Å². The number of fused-ring (bicyclic) bond motifs is 1. The highest BCUT2D eigenvalue weighted by atomic mass is 16.3. The fourth-order valence-electron chi connectivity index (χ4n) is 5.88. The van der Waals surface area contributed by atoms with Crippen LogP contribution in [-0.4, -0.2) is 22.4 Å². The lowest BCUT2D eigenvalue weighted by molar-refractivity contribution is 0.0862. The standard InChI is InChI=1S/C27H42O2/c1-18(2)19(3)8-6-10-23-13-14-25-21(9-7-15-27(23,25)5)11-12-22-16-24(28)17-26(29)20(22)4/h6,8,11-12,18-19,23-26,28-29H,4,7,9-10,13-17H2,1-3,5H3/b8-6+,21-11+,22-12-/t19?,23?,24?,25-,26?,27?/m0/s1. The molecule has 0 bridgehead atoms. The van der Waals surface area contributed by atoms with Gasteiger partial charge in [-0.25, -0.2) is 0 Å². The molecule has 2 nitrogen and oxygen atoms in total. The zero-order valence-electron chi connectivity index (χ0n) is 19.0. The maximum Gasteiger partial charge on any atom is 0.0811 e. The van der Waals surface area contributed by atoms with Crippen molar-refractivity contribution in [3.05, 3.63) is 47.6 Å². The van der Waals surface area contributed by atoms with E-state index in [-0.39, 0.29) is 0 Å². The first-order valence-electron chi connectivity index (χ1n) is 11.8. The van der Waals surface area contributed by atoms with Crippen LogP contribution in [0.25, 0.3) is 0 Å². The van der Waals surface area contributed by atoms with E-state index in [1.807, 2.05) is 0 Å². The number of aliphatic hydroxyl groups is 2. The van der Waals surface area contributed by atoms with Gasteiger partial charge in [0.15, 0.2) is 0 Å². The van der Waals surface area contributed by atoms with Crippen LogP contribution in [0.3, 0.4) is 0 Å². The summed E-state index contributed by atoms with van der Waals surface area (Å²) in [5, 5.41) is 20.1. The smallest absolute Gasteiger partial charge is 0.0811 e. The van der Waals surface area contributed by atoms with E-state index >= 15 is 0 Å². The molecule has 0 amide bonds. The van der Waals surface area contributed by atoms with E-state index in [0.717, 1.165) is 17.1 Å². The third-order valence-corrected chi connectivity index (χ3v) is 8.34. The molecule has 0 spiro atoms. The summed E-state index contributed by atoms with van der Waals surface area (Å²) in [6, 6.07) is 0. The van der Waals surface area contributed by atoms with Crippen molar-refractivity contribution >= 4 is 0 Å². The van der Waals surface area contributed by atoms with Crippen molar-refractivity contribution in [3.63, 3.8) is 0 Å². The largest absolute Gasteiger partial charge is 0.393 e. The minimum atomic E-state index is -0.601. The molecule has 3 saturated carbocycles. The third kappa shape index (κ3) is 4.97. The molecule has 0 saturated heterocycles. The molecule has 0 aromatic heterocycles. The Morgan fingerprint density at radius 1 is 1.17 bits per heavy atom. The van der Waals surface area contributed by atoms with Crippen molar-refractivity contribution < 1.29 is 10.2 Å². The molecule has 2 N–H and O–H groups in total. The van der Waals surface area contributed by atoms with Crippen LogP contribution in [0.15, 0.2) is 47.6 Å². The summed E-state index contributed by atoms with van der Waals surface area (Å²) in [5.74, 6) is 2.83. The summed E-state index contributed by atoms with van der Waals surface area (Å²) in [5.41, 5.74) is 3.81. The fraction of sp³-hybridized carbons (Fsp3) is 0.704. The number of hydrogen-bond donors (Lipinski definition) is 2. The second kappa shape index (κ2) is 9.35. The van der Waals surface area contributed by atoms with Gasteiger partial charge in [0.2, 0.25) is 0 Å². The van der Waals surface area contributed by atoms with Crippen LogP contribution in [0, 0.1) is 29.1 Å². The van der Waals surface area contributed by atoms with Crippen molar-refractivity contribution in [3.8, 4) is 0 Å². The Bertz CT molecular complexity index is 683. The summed E-state index contributed by atoms with van der Waals surface area (Å²) in [7, 11) is 0. The van der Waals surface area contributed by atoms with Gasteiger partial charge in [0.1, 0.15) is 0 Å². The van der Waals surface area contributed by atoms with Gasteiger partial charge in [-0.15, -0.1) is 0 Å². The molecule has 0 heterocycles. The van der Waals surface area contributed by atoms with Gasteiger partial charge in [0.05, 0.1) is 12.2 Å². The summed E-state index contributed by atoms with van der Waals surface area (Å²) < 4.78 is 0. The molecule has 29 heavy (non-hydrogen) atoms. The Labute approximate surface area is 178 Å². The van der Waals surface area contributed by atoms with Gasteiger partial charge in [-0.3, -0.25) is 0 Å². The molecule has 0 aromatic carbocycles. The van der Waals surface area contributed by atoms with E-state index in [4.69, 9.17) is 0 Å². The molecule has 5 unspecified atom stereocenters. The number of rotatable bonds is 5. The summed E-state index contributed by atoms with van der Waals surface area (Å²) in [6.45, 7) is 13.5. The lowest BCUT2D eigenvalue weighted by Crippen LogP contribution is -2.33. The topological polar surface area (TPSA) is 40.5 Å². The average molecular weight is 399 g/mol. The number of aliphatic hydroxyl groups excluding tert-OH is 2. The van der Waals surface area contributed by atoms with Crippen molar-refractivity contribution in [2.24, 2.45) is 29.1 Å². The highest BCUT2D eigenvalue weighted by Gasteiger charge is 2.48. The van der Waals surface area contributed by atoms with Crippen molar-refractivity contribution in [2.45, 2.75) is 91.3 Å². The van der Waals surface area contributed by atoms with Crippen LogP contribution in [0.2, 0.25) is 0 Å². The molecule has 0 aromatic rings. The maximum absolute atomic E-state index is 10.1. The minimum absolute atomic E-state index is 0.413. The zero-order valence-corrected chi connectivity index (χ0v) is 19.0. The number of hydrogen-bond acceptors (Lipinski definition) is 2. The quantitative estimate of drug-likeness (QED) is 0.529. The SMILES string of the molecule is C=C1/C(=C\C=C2/CCCC3(C)C(C/C=C/C(C)C(C)C)CC[C@@H]23)CC(O)CC1O. The molecule has 3 rings (SSSR count). The minimum Gasteiger partial charge on any atom is -0.393 e. The van der Waals surface area contributed by atoms with E-state index < -0.39 is 12.2 Å². The van der Waals surface area contributed by atoms with Gasteiger partial charge in [0.25, 0.3) is 0 Å². The van der Waals surface area contributed by atoms with Crippen molar-refractivity contribution in [1.29, 1.82) is 0 Å². The Morgan fingerprint density at radius 3 is 2.66 bits per heavy atom. The predicted octanol–water partition coefficient (Wildman–Crippen LogP) is 6.37. The highest BCUT2D eigenvalue weighted by Crippen LogP contribution is 2.58. The third-order valence-electron chi connectivity index (χ3n) is 8.34. The molecular formula is C27H42O2. The van der Waals surface area contributed by atoms with E-state index in [2.05, 4.69) is 58.6 Å². The van der Waals surface area contributed by atoms with Gasteiger partial charge < -0.3 is 10.2 Å². The first-order valence-corrected chi connectivity index (χ1v) is 11.8. The summed E-state index contributed by atoms with van der Waals surface area (Å²) >= 11 is 0. The van der Waals surface area contributed by atoms with E-state index in [0.29, 0.717) is 36.0 Å². The van der Waals surface area contributed by atoms with Crippen LogP contribution in [-0.2, 0) is 0 Å². The van der Waals surface area contributed by atoms with Gasteiger partial charge in [-0.1, -0.05) is 64.2 Å². The van der Waals surface area contributed by atoms with E-state index in [1.54, 1.807) is 5.57 Å². The Hall–Kier alpha value is -1.12. The second-order valence-electron chi connectivity index (χ2n) is 10.5. The Morgan fingerprint density at radius 2 is 1.93 bits per heavy atom. The highest BCUT2D eigenvalue weighted by molar-refractivity contribution is 5.38. The Kier molecular flexibility index (Phi) is 7.27. The zero-order chi connectivity index (χ0) is 21.2. The lowest BCUT2D eigenvalue weighted by Gasteiger charge is -2.42. The first kappa shape index (κ1) is 22.6. The van der Waals surface area contributed by atoms with Crippen LogP contribution in [0.5, 0.6) is 0 Å². The number of allylic oxidation sites excluding steroid dienone is 5. The molecule has 0 radical (unpaired) electrons. The van der Waals surface area contributed by atoms with Crippen molar-refractivity contribution in [1.82, 2.24) is 0 Å². The molecule has 162 valence electrons. The molecule has 3 aliphatic carbocycles. The van der Waals surface area contributed by atoms with E-state index in [1.165, 1.54) is 38.5 Å². The first-order chi connectivity index (χ1) is 13.7. The van der Waals surface area contributed by atoms with Gasteiger partial charge in [-0.2, -0.15) is 0 Å². The maximum atomic E-state index is 10.1. The van der Waals surface area contributed by atoms with E-state index in [9.17, 15) is 10.2 Å². The molecule has 2 heteroatoms. The average Bonchev–Trinajstić information content (AvgIpc) is 3.00. The van der Waals surface area contributed by atoms with Crippen LogP contribution >= 0.6 is 0 Å². The van der Waals surface area contributed by atoms with Crippen LogP contribution < -0.4 is 0 Å². The molecule has 3 fully saturated rings. The van der Waals surface area contributed by atoms with Gasteiger partial charge in [0, 0.05) is 6.42 Å². The summed E-state index contributed by atoms with van der Waals surface area (Å²) in [4.78, 5) is 0. The monoisotopic (exact) mass is 398 g/mol. The molecule has 3 aliphatic rings. The molecule has 6 atom stereocenters. The summed E-state index contributed by atoms with van der Waals surface area (Å²) in [6.07, 6.45) is 17.0. The molecule has 0 aliphatic heterocycles. The normalized spacial score (nSPS) is 39.6. The Balaban J connectivity index is 1.72. The van der Waals surface area contributed by atoms with Crippen LogP contribution in [0.1, 0.15) is 79.1 Å². The van der Waals surface area contributed by atoms with Gasteiger partial charge in [-0.05, 0) is 85.2 Å². The predicted molar refractivity (Wildman–Crippen MR) is 122 cm³/mol. The van der Waals surface area contributed by atoms with Crippen molar-refractivity contribution in [2.75, 3.05) is 0 Å².